The van der Waals surface area contributed by atoms with Crippen LogP contribution in [-0.2, 0) is 12.3 Å². The third-order valence-corrected chi connectivity index (χ3v) is 6.74. The highest BCUT2D eigenvalue weighted by molar-refractivity contribution is 7.98. The van der Waals surface area contributed by atoms with Crippen LogP contribution in [0.5, 0.6) is 0 Å². The lowest BCUT2D eigenvalue weighted by atomic mass is 10.1. The monoisotopic (exact) mass is 511 g/mol. The number of hydrogen-bond donors (Lipinski definition) is 1. The molecule has 6 nitrogen and oxygen atoms in total. The number of hydrogen-bond acceptors (Lipinski definition) is 6. The molecule has 190 valence electrons. The van der Waals surface area contributed by atoms with Crippen LogP contribution in [0.2, 0.25) is 0 Å². The molecule has 0 aliphatic carbocycles. The molecular weight excluding hydrogens is 478 g/mol. The van der Waals surface area contributed by atoms with Crippen LogP contribution in [-0.4, -0.2) is 55.0 Å². The maximum atomic E-state index is 12.6. The van der Waals surface area contributed by atoms with Crippen LogP contribution >= 0.6 is 11.8 Å². The van der Waals surface area contributed by atoms with Gasteiger partial charge >= 0.3 is 0 Å². The number of likely N-dealkylation sites (N-methyl/N-ethyl adjacent to an activating group) is 1. The van der Waals surface area contributed by atoms with E-state index < -0.39 is 0 Å². The number of amides is 1. The molecule has 1 N–H and O–H groups in total. The first-order chi connectivity index (χ1) is 18.0. The van der Waals surface area contributed by atoms with Crippen LogP contribution in [0.15, 0.2) is 96.2 Å². The van der Waals surface area contributed by atoms with E-state index >= 15 is 0 Å². The number of carbonyl (C=O) groups excluding carboxylic acids is 1. The lowest BCUT2D eigenvalue weighted by molar-refractivity contribution is 0.0951. The van der Waals surface area contributed by atoms with Crippen LogP contribution in [0.1, 0.15) is 21.5 Å². The molecule has 0 radical (unpaired) electrons. The highest BCUT2D eigenvalue weighted by atomic mass is 32.2. The van der Waals surface area contributed by atoms with Gasteiger partial charge in [-0.2, -0.15) is 0 Å². The first-order valence-corrected chi connectivity index (χ1v) is 13.3. The van der Waals surface area contributed by atoms with Crippen molar-refractivity contribution in [3.05, 3.63) is 108 Å². The van der Waals surface area contributed by atoms with E-state index in [2.05, 4.69) is 53.7 Å². The zero-order valence-electron chi connectivity index (χ0n) is 21.6. The molecule has 0 spiro atoms. The highest BCUT2D eigenvalue weighted by Gasteiger charge is 2.12. The Labute approximate surface area is 223 Å². The summed E-state index contributed by atoms with van der Waals surface area (Å²) in [6, 6.07) is 30.4. The molecule has 0 saturated heterocycles. The Morgan fingerprint density at radius 1 is 0.838 bits per heavy atom. The zero-order chi connectivity index (χ0) is 26.0. The van der Waals surface area contributed by atoms with E-state index in [9.17, 15) is 4.79 Å². The Morgan fingerprint density at radius 2 is 1.54 bits per heavy atom. The first-order valence-electron chi connectivity index (χ1n) is 12.3. The topological polar surface area (TPSA) is 61.4 Å². The van der Waals surface area contributed by atoms with Crippen molar-refractivity contribution in [1.82, 2.24) is 20.2 Å². The molecule has 0 unspecified atom stereocenters. The molecule has 37 heavy (non-hydrogen) atoms. The van der Waals surface area contributed by atoms with Crippen molar-refractivity contribution >= 4 is 23.5 Å². The quantitative estimate of drug-likeness (QED) is 0.216. The number of nitrogens with zero attached hydrogens (tertiary/aromatic N) is 4. The number of thioether (sulfide) groups is 1. The van der Waals surface area contributed by atoms with E-state index in [1.807, 2.05) is 73.6 Å². The van der Waals surface area contributed by atoms with Crippen LogP contribution in [0.25, 0.3) is 11.3 Å². The number of nitrogens with one attached hydrogen (secondary N) is 1. The minimum absolute atomic E-state index is 0.0548. The summed E-state index contributed by atoms with van der Waals surface area (Å²) in [7, 11) is 6.03. The lowest BCUT2D eigenvalue weighted by Crippen LogP contribution is -2.31. The van der Waals surface area contributed by atoms with Gasteiger partial charge in [0.2, 0.25) is 0 Å². The van der Waals surface area contributed by atoms with E-state index in [0.29, 0.717) is 23.0 Å². The van der Waals surface area contributed by atoms with E-state index in [1.54, 1.807) is 11.8 Å². The second kappa shape index (κ2) is 13.0. The summed E-state index contributed by atoms with van der Waals surface area (Å²) in [5.74, 6) is 1.48. The summed E-state index contributed by atoms with van der Waals surface area (Å²) >= 11 is 1.58. The maximum Gasteiger partial charge on any atom is 0.251 e. The number of anilines is 1. The second-order valence-electron chi connectivity index (χ2n) is 9.15. The van der Waals surface area contributed by atoms with Gasteiger partial charge in [0.15, 0.2) is 5.16 Å². The van der Waals surface area contributed by atoms with E-state index in [0.717, 1.165) is 35.7 Å². The number of rotatable bonds is 11. The lowest BCUT2D eigenvalue weighted by Gasteiger charge is -2.20. The molecule has 0 atom stereocenters. The average Bonchev–Trinajstić information content (AvgIpc) is 2.92. The van der Waals surface area contributed by atoms with Gasteiger partial charge in [-0.25, -0.2) is 9.97 Å². The van der Waals surface area contributed by atoms with Crippen molar-refractivity contribution in [3.63, 3.8) is 0 Å². The van der Waals surface area contributed by atoms with E-state index in [1.165, 1.54) is 5.56 Å². The van der Waals surface area contributed by atoms with Crippen LogP contribution in [0.3, 0.4) is 0 Å². The Bertz CT molecular complexity index is 1300. The molecule has 4 rings (SSSR count). The normalized spacial score (nSPS) is 10.9. The van der Waals surface area contributed by atoms with Gasteiger partial charge in [-0.1, -0.05) is 84.6 Å². The molecule has 7 heteroatoms. The fourth-order valence-corrected chi connectivity index (χ4v) is 4.61. The summed E-state index contributed by atoms with van der Waals surface area (Å²) in [6.07, 6.45) is 0. The van der Waals surface area contributed by atoms with Gasteiger partial charge in [0.1, 0.15) is 5.82 Å². The standard InChI is InChI=1S/C30H33N5OS/c1-34(2)18-17-31-29(36)26-16-10-13-24(19-26)22-37-30-32-27(25-14-8-5-9-15-25)20-28(33-30)35(3)21-23-11-6-4-7-12-23/h4-16,19-20H,17-18,21-22H2,1-3H3,(H,31,36). The molecule has 0 fully saturated rings. The molecule has 0 saturated carbocycles. The fraction of sp³-hybridized carbons (Fsp3) is 0.233. The van der Waals surface area contributed by atoms with Crippen LogP contribution in [0, 0.1) is 0 Å². The van der Waals surface area contributed by atoms with Crippen molar-refractivity contribution in [2.45, 2.75) is 17.5 Å². The Kier molecular flexibility index (Phi) is 9.29. The minimum Gasteiger partial charge on any atom is -0.355 e. The van der Waals surface area contributed by atoms with Gasteiger partial charge < -0.3 is 15.1 Å². The highest BCUT2D eigenvalue weighted by Crippen LogP contribution is 2.28. The van der Waals surface area contributed by atoms with Crippen LogP contribution in [0.4, 0.5) is 5.82 Å². The summed E-state index contributed by atoms with van der Waals surface area (Å²) in [4.78, 5) is 26.5. The van der Waals surface area contributed by atoms with Gasteiger partial charge in [-0.15, -0.1) is 0 Å². The summed E-state index contributed by atoms with van der Waals surface area (Å²) in [6.45, 7) is 2.17. The Hall–Kier alpha value is -3.68. The molecule has 4 aromatic rings. The molecule has 1 amide bonds. The maximum absolute atomic E-state index is 12.6. The van der Waals surface area contributed by atoms with Gasteiger partial charge in [-0.05, 0) is 37.4 Å². The van der Waals surface area contributed by atoms with Gasteiger partial charge in [0, 0.05) is 49.6 Å². The molecule has 0 aliphatic rings. The van der Waals surface area contributed by atoms with Gasteiger partial charge in [0.05, 0.1) is 5.69 Å². The minimum atomic E-state index is -0.0548. The predicted molar refractivity (Wildman–Crippen MR) is 153 cm³/mol. The number of benzene rings is 3. The summed E-state index contributed by atoms with van der Waals surface area (Å²) < 4.78 is 0. The predicted octanol–water partition coefficient (Wildman–Crippen LogP) is 5.36. The molecule has 3 aromatic carbocycles. The summed E-state index contributed by atoms with van der Waals surface area (Å²) in [5, 5.41) is 3.68. The molecular formula is C30H33N5OS. The zero-order valence-corrected chi connectivity index (χ0v) is 22.4. The van der Waals surface area contributed by atoms with Crippen molar-refractivity contribution < 1.29 is 4.79 Å². The van der Waals surface area contributed by atoms with Crippen molar-refractivity contribution in [1.29, 1.82) is 0 Å². The number of carbonyl (C=O) groups is 1. The average molecular weight is 512 g/mol. The van der Waals surface area contributed by atoms with E-state index in [4.69, 9.17) is 9.97 Å². The number of aromatic nitrogens is 2. The Balaban J connectivity index is 1.51. The smallest absolute Gasteiger partial charge is 0.251 e. The SMILES string of the molecule is CN(C)CCNC(=O)c1cccc(CSc2nc(-c3ccccc3)cc(N(C)Cc3ccccc3)n2)c1. The molecule has 0 bridgehead atoms. The third kappa shape index (κ3) is 7.90. The van der Waals surface area contributed by atoms with Gasteiger partial charge in [-0.3, -0.25) is 4.79 Å². The molecule has 0 aliphatic heterocycles. The van der Waals surface area contributed by atoms with Gasteiger partial charge in [0.25, 0.3) is 5.91 Å². The molecule has 1 heterocycles. The second-order valence-corrected chi connectivity index (χ2v) is 10.1. The Morgan fingerprint density at radius 3 is 2.27 bits per heavy atom. The summed E-state index contributed by atoms with van der Waals surface area (Å²) in [5.41, 5.74) is 4.89. The third-order valence-electron chi connectivity index (χ3n) is 5.82. The van der Waals surface area contributed by atoms with Crippen LogP contribution < -0.4 is 10.2 Å². The largest absolute Gasteiger partial charge is 0.355 e. The van der Waals surface area contributed by atoms with Crippen molar-refractivity contribution in [3.8, 4) is 11.3 Å². The van der Waals surface area contributed by atoms with E-state index in [-0.39, 0.29) is 5.91 Å². The van der Waals surface area contributed by atoms with Crippen molar-refractivity contribution in [2.24, 2.45) is 0 Å². The fourth-order valence-electron chi connectivity index (χ4n) is 3.81. The molecule has 1 aromatic heterocycles. The first kappa shape index (κ1) is 26.4. The van der Waals surface area contributed by atoms with Crippen molar-refractivity contribution in [2.75, 3.05) is 39.1 Å².